The van der Waals surface area contributed by atoms with Crippen LogP contribution in [0.1, 0.15) is 28.5 Å². The molecular formula is C22H19N3O5. The Balaban J connectivity index is 1.53. The fourth-order valence-corrected chi connectivity index (χ4v) is 3.01. The van der Waals surface area contributed by atoms with E-state index in [1.54, 1.807) is 25.1 Å². The molecule has 1 unspecified atom stereocenters. The van der Waals surface area contributed by atoms with Crippen LogP contribution >= 0.6 is 0 Å². The second kappa shape index (κ2) is 8.20. The molecule has 0 bridgehead atoms. The number of esters is 1. The molecule has 0 saturated heterocycles. The van der Waals surface area contributed by atoms with Crippen LogP contribution in [0.3, 0.4) is 0 Å². The van der Waals surface area contributed by atoms with E-state index in [4.69, 9.17) is 13.7 Å². The molecule has 8 nitrogen and oxygen atoms in total. The van der Waals surface area contributed by atoms with Gasteiger partial charge in [0.25, 0.3) is 11.6 Å². The zero-order valence-corrected chi connectivity index (χ0v) is 16.4. The molecule has 30 heavy (non-hydrogen) atoms. The highest BCUT2D eigenvalue weighted by atomic mass is 16.5. The van der Waals surface area contributed by atoms with Crippen molar-refractivity contribution in [2.24, 2.45) is 0 Å². The lowest BCUT2D eigenvalue weighted by atomic mass is 10.1. The van der Waals surface area contributed by atoms with Gasteiger partial charge >= 0.3 is 5.97 Å². The van der Waals surface area contributed by atoms with E-state index in [9.17, 15) is 9.59 Å². The summed E-state index contributed by atoms with van der Waals surface area (Å²) in [6.07, 6.45) is 0.515. The predicted molar refractivity (Wildman–Crippen MR) is 107 cm³/mol. The van der Waals surface area contributed by atoms with Crippen LogP contribution in [0.5, 0.6) is 0 Å². The Kier molecular flexibility index (Phi) is 5.30. The summed E-state index contributed by atoms with van der Waals surface area (Å²) >= 11 is 0. The van der Waals surface area contributed by atoms with Crippen LogP contribution in [-0.4, -0.2) is 28.1 Å². The minimum absolute atomic E-state index is 0.189. The number of pyridine rings is 1. The van der Waals surface area contributed by atoms with E-state index in [2.05, 4.69) is 15.5 Å². The van der Waals surface area contributed by atoms with E-state index < -0.39 is 18.0 Å². The van der Waals surface area contributed by atoms with Crippen LogP contribution < -0.4 is 5.32 Å². The topological polar surface area (TPSA) is 107 Å². The molecule has 0 saturated carbocycles. The van der Waals surface area contributed by atoms with Gasteiger partial charge in [0, 0.05) is 6.54 Å². The van der Waals surface area contributed by atoms with Gasteiger partial charge in [0.2, 0.25) is 0 Å². The maximum atomic E-state index is 12.9. The number of hydrogen-bond donors (Lipinski definition) is 1. The Bertz CT molecular complexity index is 1180. The van der Waals surface area contributed by atoms with E-state index in [0.717, 1.165) is 5.56 Å². The van der Waals surface area contributed by atoms with Crippen LogP contribution in [0.4, 0.5) is 0 Å². The van der Waals surface area contributed by atoms with Crippen LogP contribution in [0.25, 0.3) is 22.6 Å². The number of nitrogens with one attached hydrogen (secondary N) is 1. The summed E-state index contributed by atoms with van der Waals surface area (Å²) in [5.74, 6) is -0.608. The van der Waals surface area contributed by atoms with Crippen molar-refractivity contribution < 1.29 is 23.3 Å². The Morgan fingerprint density at radius 3 is 2.70 bits per heavy atom. The quantitative estimate of drug-likeness (QED) is 0.488. The molecule has 1 N–H and O–H groups in total. The van der Waals surface area contributed by atoms with E-state index in [1.165, 1.54) is 13.2 Å². The average molecular weight is 405 g/mol. The largest absolute Gasteiger partial charge is 0.463 e. The molecule has 0 fully saturated rings. The molecule has 3 aromatic heterocycles. The van der Waals surface area contributed by atoms with Crippen molar-refractivity contribution in [1.82, 2.24) is 15.5 Å². The van der Waals surface area contributed by atoms with Crippen molar-refractivity contribution >= 4 is 23.0 Å². The number of carbonyl (C=O) groups is 2. The standard InChI is InChI=1S/C22H19N3O5/c1-13-19-16(11-17(18-9-6-10-28-18)24-21(19)30-25-13)22(27)29-14(2)20(26)23-12-15-7-4-3-5-8-15/h3-11,14H,12H2,1-2H3,(H,23,26). The minimum atomic E-state index is -0.989. The molecular weight excluding hydrogens is 386 g/mol. The summed E-state index contributed by atoms with van der Waals surface area (Å²) in [5, 5.41) is 7.08. The summed E-state index contributed by atoms with van der Waals surface area (Å²) in [6.45, 7) is 3.56. The molecule has 3 heterocycles. The monoisotopic (exact) mass is 405 g/mol. The molecule has 0 radical (unpaired) electrons. The Morgan fingerprint density at radius 2 is 1.97 bits per heavy atom. The van der Waals surface area contributed by atoms with Crippen molar-refractivity contribution in [2.45, 2.75) is 26.5 Å². The van der Waals surface area contributed by atoms with Crippen molar-refractivity contribution in [2.75, 3.05) is 0 Å². The second-order valence-corrected chi connectivity index (χ2v) is 6.73. The van der Waals surface area contributed by atoms with Crippen LogP contribution in [0.2, 0.25) is 0 Å². The van der Waals surface area contributed by atoms with Gasteiger partial charge in [-0.05, 0) is 37.6 Å². The first-order chi connectivity index (χ1) is 14.5. The number of amides is 1. The second-order valence-electron chi connectivity index (χ2n) is 6.73. The zero-order valence-electron chi connectivity index (χ0n) is 16.4. The van der Waals surface area contributed by atoms with Crippen LogP contribution in [0, 0.1) is 6.92 Å². The molecule has 0 aliphatic carbocycles. The number of ether oxygens (including phenoxy) is 1. The van der Waals surface area contributed by atoms with Crippen molar-refractivity contribution in [1.29, 1.82) is 0 Å². The van der Waals surface area contributed by atoms with Gasteiger partial charge in [0.1, 0.15) is 5.69 Å². The van der Waals surface area contributed by atoms with Crippen molar-refractivity contribution in [3.63, 3.8) is 0 Å². The maximum Gasteiger partial charge on any atom is 0.339 e. The highest BCUT2D eigenvalue weighted by Gasteiger charge is 2.24. The lowest BCUT2D eigenvalue weighted by Crippen LogP contribution is -2.35. The van der Waals surface area contributed by atoms with E-state index in [-0.39, 0.29) is 11.3 Å². The number of benzene rings is 1. The molecule has 4 rings (SSSR count). The van der Waals surface area contributed by atoms with Gasteiger partial charge in [-0.15, -0.1) is 0 Å². The summed E-state index contributed by atoms with van der Waals surface area (Å²) < 4.78 is 16.0. The Labute approximate surface area is 171 Å². The molecule has 0 spiro atoms. The first-order valence-electron chi connectivity index (χ1n) is 9.36. The first-order valence-corrected chi connectivity index (χ1v) is 9.36. The van der Waals surface area contributed by atoms with E-state index in [1.807, 2.05) is 30.3 Å². The third-order valence-electron chi connectivity index (χ3n) is 4.57. The third-order valence-corrected chi connectivity index (χ3v) is 4.57. The number of aryl methyl sites for hydroxylation is 1. The number of fused-ring (bicyclic) bond motifs is 1. The number of nitrogens with zero attached hydrogens (tertiary/aromatic N) is 2. The van der Waals surface area contributed by atoms with E-state index >= 15 is 0 Å². The molecule has 8 heteroatoms. The molecule has 1 amide bonds. The summed E-state index contributed by atoms with van der Waals surface area (Å²) in [6, 6.07) is 14.4. The maximum absolute atomic E-state index is 12.9. The van der Waals surface area contributed by atoms with Gasteiger partial charge in [0.05, 0.1) is 22.9 Å². The van der Waals surface area contributed by atoms with Crippen LogP contribution in [-0.2, 0) is 16.1 Å². The highest BCUT2D eigenvalue weighted by Crippen LogP contribution is 2.28. The van der Waals surface area contributed by atoms with Gasteiger partial charge in [0.15, 0.2) is 11.9 Å². The summed E-state index contributed by atoms with van der Waals surface area (Å²) in [4.78, 5) is 29.6. The summed E-state index contributed by atoms with van der Waals surface area (Å²) in [5.41, 5.74) is 2.24. The van der Waals surface area contributed by atoms with Crippen LogP contribution in [0.15, 0.2) is 63.7 Å². The third kappa shape index (κ3) is 3.93. The Hall–Kier alpha value is -3.94. The zero-order chi connectivity index (χ0) is 21.1. The normalized spacial score (nSPS) is 11.9. The SMILES string of the molecule is Cc1noc2nc(-c3ccco3)cc(C(=O)OC(C)C(=O)NCc3ccccc3)c12. The number of carbonyl (C=O) groups excluding carboxylic acids is 2. The van der Waals surface area contributed by atoms with E-state index in [0.29, 0.717) is 29.1 Å². The van der Waals surface area contributed by atoms with Gasteiger partial charge in [-0.1, -0.05) is 35.5 Å². The average Bonchev–Trinajstić information content (AvgIpc) is 3.42. The highest BCUT2D eigenvalue weighted by molar-refractivity contribution is 6.04. The van der Waals surface area contributed by atoms with Gasteiger partial charge in [-0.3, -0.25) is 4.79 Å². The molecule has 0 aliphatic heterocycles. The minimum Gasteiger partial charge on any atom is -0.463 e. The van der Waals surface area contributed by atoms with Crippen molar-refractivity contribution in [3.05, 3.63) is 71.6 Å². The van der Waals surface area contributed by atoms with Gasteiger partial charge < -0.3 is 19.0 Å². The lowest BCUT2D eigenvalue weighted by Gasteiger charge is -2.14. The Morgan fingerprint density at radius 1 is 1.17 bits per heavy atom. The van der Waals surface area contributed by atoms with Gasteiger partial charge in [-0.25, -0.2) is 9.78 Å². The molecule has 4 aromatic rings. The van der Waals surface area contributed by atoms with Gasteiger partial charge in [-0.2, -0.15) is 0 Å². The fraction of sp³-hybridized carbons (Fsp3) is 0.182. The molecule has 0 aliphatic rings. The number of rotatable bonds is 6. The molecule has 1 atom stereocenters. The predicted octanol–water partition coefficient (Wildman–Crippen LogP) is 3.65. The fourth-order valence-electron chi connectivity index (χ4n) is 3.01. The molecule has 1 aromatic carbocycles. The smallest absolute Gasteiger partial charge is 0.339 e. The van der Waals surface area contributed by atoms with Crippen molar-refractivity contribution in [3.8, 4) is 11.5 Å². The molecule has 152 valence electrons. The first kappa shape index (κ1) is 19.4. The number of hydrogen-bond acceptors (Lipinski definition) is 7. The summed E-state index contributed by atoms with van der Waals surface area (Å²) in [7, 11) is 0. The lowest BCUT2D eigenvalue weighted by molar-refractivity contribution is -0.129. The number of aromatic nitrogens is 2. The number of furan rings is 1.